The molecule has 1 saturated carbocycles. The first kappa shape index (κ1) is 16.3. The molecule has 5 rings (SSSR count). The van der Waals surface area contributed by atoms with Gasteiger partial charge >= 0.3 is 0 Å². The molecule has 1 amide bonds. The van der Waals surface area contributed by atoms with Crippen molar-refractivity contribution in [3.63, 3.8) is 0 Å². The van der Waals surface area contributed by atoms with Crippen LogP contribution in [0.25, 0.3) is 0 Å². The standard InChI is InChI=1S/C17H25NO6/c1-10-4-5-13-11(2)14(20)18(8-21-9-19)15-17(13)12(10)6-7-16(3,22-15)23-24-17/h9-13,15H,4-8H2,1-3H3/t10-,11-,12?,13?,15?,16+,17?/m1/s1. The predicted molar refractivity (Wildman–Crippen MR) is 80.8 cm³/mol. The molecule has 7 atom stereocenters. The molecule has 134 valence electrons. The van der Waals surface area contributed by atoms with Crippen LogP contribution in [-0.2, 0) is 28.8 Å². The van der Waals surface area contributed by atoms with Crippen LogP contribution in [-0.4, -0.2) is 41.6 Å². The molecule has 7 heteroatoms. The first-order chi connectivity index (χ1) is 11.4. The first-order valence-electron chi connectivity index (χ1n) is 8.83. The quantitative estimate of drug-likeness (QED) is 0.577. The highest BCUT2D eigenvalue weighted by atomic mass is 17.3. The molecule has 4 saturated heterocycles. The maximum Gasteiger partial charge on any atom is 0.294 e. The van der Waals surface area contributed by atoms with E-state index in [-0.39, 0.29) is 30.4 Å². The van der Waals surface area contributed by atoms with Gasteiger partial charge in [-0.15, -0.1) is 0 Å². The second-order valence-electron chi connectivity index (χ2n) is 7.92. The van der Waals surface area contributed by atoms with Gasteiger partial charge in [0.1, 0.15) is 0 Å². The normalized spacial score (nSPS) is 50.2. The van der Waals surface area contributed by atoms with Crippen LogP contribution >= 0.6 is 0 Å². The number of fused-ring (bicyclic) bond motifs is 2. The Morgan fingerprint density at radius 3 is 2.79 bits per heavy atom. The number of nitrogens with zero attached hydrogens (tertiary/aromatic N) is 1. The van der Waals surface area contributed by atoms with Gasteiger partial charge in [-0.25, -0.2) is 9.78 Å². The molecule has 2 bridgehead atoms. The molecule has 4 aliphatic heterocycles. The number of carbonyl (C=O) groups excluding carboxylic acids is 2. The number of hydrogen-bond acceptors (Lipinski definition) is 6. The van der Waals surface area contributed by atoms with Gasteiger partial charge in [-0.2, -0.15) is 0 Å². The smallest absolute Gasteiger partial charge is 0.294 e. The topological polar surface area (TPSA) is 74.3 Å². The number of hydrogen-bond donors (Lipinski definition) is 0. The summed E-state index contributed by atoms with van der Waals surface area (Å²) >= 11 is 0. The predicted octanol–water partition coefficient (Wildman–Crippen LogP) is 1.81. The molecule has 4 heterocycles. The van der Waals surface area contributed by atoms with Gasteiger partial charge in [0.05, 0.1) is 0 Å². The molecule has 0 radical (unpaired) electrons. The number of amides is 1. The third kappa shape index (κ3) is 2.01. The van der Waals surface area contributed by atoms with Crippen molar-refractivity contribution in [3.05, 3.63) is 0 Å². The van der Waals surface area contributed by atoms with E-state index in [2.05, 4.69) is 6.92 Å². The summed E-state index contributed by atoms with van der Waals surface area (Å²) < 4.78 is 11.2. The Bertz CT molecular complexity index is 555. The highest BCUT2D eigenvalue weighted by molar-refractivity contribution is 5.80. The summed E-state index contributed by atoms with van der Waals surface area (Å²) in [6.07, 6.45) is 3.06. The van der Waals surface area contributed by atoms with Crippen LogP contribution in [0.2, 0.25) is 0 Å². The third-order valence-corrected chi connectivity index (χ3v) is 6.64. The first-order valence-corrected chi connectivity index (χ1v) is 8.83. The van der Waals surface area contributed by atoms with E-state index in [1.165, 1.54) is 4.90 Å². The summed E-state index contributed by atoms with van der Waals surface area (Å²) in [5, 5.41) is 0. The highest BCUT2D eigenvalue weighted by Gasteiger charge is 2.70. The number of likely N-dealkylation sites (tertiary alicyclic amines) is 1. The van der Waals surface area contributed by atoms with E-state index in [1.54, 1.807) is 0 Å². The van der Waals surface area contributed by atoms with Gasteiger partial charge in [-0.05, 0) is 38.0 Å². The summed E-state index contributed by atoms with van der Waals surface area (Å²) in [6, 6.07) is 0. The minimum atomic E-state index is -0.877. The van der Waals surface area contributed by atoms with Crippen molar-refractivity contribution in [1.82, 2.24) is 4.90 Å². The van der Waals surface area contributed by atoms with Crippen LogP contribution in [0.15, 0.2) is 0 Å². The SMILES string of the molecule is C[C@@H]1CCC2[C@@H](C)C(=O)N(COC=O)C3O[C@]4(C)CCC1C23OO4. The fourth-order valence-corrected chi connectivity index (χ4v) is 5.40. The molecule has 7 nitrogen and oxygen atoms in total. The zero-order valence-corrected chi connectivity index (χ0v) is 14.4. The summed E-state index contributed by atoms with van der Waals surface area (Å²) in [6.45, 7) is 6.26. The Morgan fingerprint density at radius 2 is 2.04 bits per heavy atom. The van der Waals surface area contributed by atoms with Crippen LogP contribution in [0.4, 0.5) is 0 Å². The molecule has 24 heavy (non-hydrogen) atoms. The van der Waals surface area contributed by atoms with Crippen molar-refractivity contribution >= 4 is 12.4 Å². The van der Waals surface area contributed by atoms with Crippen LogP contribution < -0.4 is 0 Å². The van der Waals surface area contributed by atoms with E-state index >= 15 is 0 Å². The number of ether oxygens (including phenoxy) is 2. The van der Waals surface area contributed by atoms with Gasteiger partial charge in [0, 0.05) is 18.3 Å². The van der Waals surface area contributed by atoms with Crippen molar-refractivity contribution in [2.75, 3.05) is 6.73 Å². The molecule has 1 aliphatic carbocycles. The maximum atomic E-state index is 12.9. The molecular weight excluding hydrogens is 314 g/mol. The summed E-state index contributed by atoms with van der Waals surface area (Å²) in [5.41, 5.74) is -0.687. The van der Waals surface area contributed by atoms with E-state index < -0.39 is 17.6 Å². The minimum absolute atomic E-state index is 0.0475. The lowest BCUT2D eigenvalue weighted by atomic mass is 9.57. The Labute approximate surface area is 141 Å². The van der Waals surface area contributed by atoms with Crippen molar-refractivity contribution < 1.29 is 28.8 Å². The number of rotatable bonds is 3. The second kappa shape index (κ2) is 5.41. The molecule has 5 aliphatic rings. The molecule has 0 aromatic rings. The van der Waals surface area contributed by atoms with E-state index in [9.17, 15) is 9.59 Å². The average Bonchev–Trinajstić information content (AvgIpc) is 2.79. The van der Waals surface area contributed by atoms with Crippen molar-refractivity contribution in [2.24, 2.45) is 23.7 Å². The molecule has 5 fully saturated rings. The zero-order valence-electron chi connectivity index (χ0n) is 14.4. The molecular formula is C17H25NO6. The van der Waals surface area contributed by atoms with Gasteiger partial charge in [0.15, 0.2) is 18.6 Å². The number of carbonyl (C=O) groups is 2. The lowest BCUT2D eigenvalue weighted by molar-refractivity contribution is -0.548. The number of piperidine rings is 1. The fourth-order valence-electron chi connectivity index (χ4n) is 5.40. The van der Waals surface area contributed by atoms with E-state index in [0.29, 0.717) is 12.4 Å². The third-order valence-electron chi connectivity index (χ3n) is 6.64. The van der Waals surface area contributed by atoms with Gasteiger partial charge < -0.3 is 9.47 Å². The van der Waals surface area contributed by atoms with Crippen LogP contribution in [0, 0.1) is 23.7 Å². The summed E-state index contributed by atoms with van der Waals surface area (Å²) in [7, 11) is 0. The largest absolute Gasteiger partial charge is 0.446 e. The van der Waals surface area contributed by atoms with Crippen molar-refractivity contribution in [1.29, 1.82) is 0 Å². The molecule has 0 N–H and O–H groups in total. The Hall–Kier alpha value is -1.18. The Balaban J connectivity index is 1.82. The average molecular weight is 339 g/mol. The molecule has 0 aromatic carbocycles. The van der Waals surface area contributed by atoms with Crippen molar-refractivity contribution in [2.45, 2.75) is 64.1 Å². The van der Waals surface area contributed by atoms with Crippen LogP contribution in [0.3, 0.4) is 0 Å². The lowest BCUT2D eigenvalue weighted by Gasteiger charge is -2.61. The summed E-state index contributed by atoms with van der Waals surface area (Å²) in [5.74, 6) is -0.388. The van der Waals surface area contributed by atoms with E-state index in [1.807, 2.05) is 13.8 Å². The summed E-state index contributed by atoms with van der Waals surface area (Å²) in [4.78, 5) is 36.9. The van der Waals surface area contributed by atoms with Gasteiger partial charge in [0.2, 0.25) is 11.7 Å². The van der Waals surface area contributed by atoms with E-state index in [0.717, 1.165) is 25.7 Å². The maximum absolute atomic E-state index is 12.9. The van der Waals surface area contributed by atoms with Gasteiger partial charge in [0.25, 0.3) is 6.47 Å². The molecule has 1 spiro atoms. The zero-order chi connectivity index (χ0) is 17.1. The Kier molecular flexibility index (Phi) is 3.67. The van der Waals surface area contributed by atoms with Gasteiger partial charge in [-0.3, -0.25) is 14.5 Å². The van der Waals surface area contributed by atoms with E-state index in [4.69, 9.17) is 19.2 Å². The van der Waals surface area contributed by atoms with Crippen LogP contribution in [0.5, 0.6) is 0 Å². The highest BCUT2D eigenvalue weighted by Crippen LogP contribution is 2.60. The Morgan fingerprint density at radius 1 is 1.25 bits per heavy atom. The van der Waals surface area contributed by atoms with Crippen molar-refractivity contribution in [3.8, 4) is 0 Å². The van der Waals surface area contributed by atoms with Crippen LogP contribution in [0.1, 0.15) is 46.5 Å². The monoisotopic (exact) mass is 339 g/mol. The minimum Gasteiger partial charge on any atom is -0.446 e. The molecule has 0 aromatic heterocycles. The lowest BCUT2D eigenvalue weighted by Crippen LogP contribution is -2.75. The second-order valence-corrected chi connectivity index (χ2v) is 7.92. The molecule has 4 unspecified atom stereocenters. The fraction of sp³-hybridized carbons (Fsp3) is 0.882. The van der Waals surface area contributed by atoms with Gasteiger partial charge in [-0.1, -0.05) is 13.8 Å².